The first kappa shape index (κ1) is 14.0. The Morgan fingerprint density at radius 3 is 3.05 bits per heavy atom. The second-order valence-corrected chi connectivity index (χ2v) is 4.56. The first-order valence-electron chi connectivity index (χ1n) is 6.44. The van der Waals surface area contributed by atoms with Crippen LogP contribution in [-0.4, -0.2) is 32.7 Å². The van der Waals surface area contributed by atoms with E-state index in [1.807, 2.05) is 31.2 Å². The van der Waals surface area contributed by atoms with Gasteiger partial charge in [-0.3, -0.25) is 9.48 Å². The molecule has 0 fully saturated rings. The smallest absolute Gasteiger partial charge is 0.309 e. The number of nitrogens with zero attached hydrogens (tertiary/aromatic N) is 3. The second-order valence-electron chi connectivity index (χ2n) is 4.56. The molecular formula is C14H17N3O3. The molecule has 20 heavy (non-hydrogen) atoms. The van der Waals surface area contributed by atoms with Crippen LogP contribution in [0, 0.1) is 6.92 Å². The molecule has 0 saturated carbocycles. The molecule has 0 aliphatic rings. The van der Waals surface area contributed by atoms with E-state index in [0.717, 1.165) is 17.7 Å². The Kier molecular flexibility index (Phi) is 4.70. The molecule has 0 saturated heterocycles. The highest BCUT2D eigenvalue weighted by Crippen LogP contribution is 2.12. The van der Waals surface area contributed by atoms with Gasteiger partial charge in [0.25, 0.3) is 0 Å². The SMILES string of the molecule is Cc1cccc(OCCCn2cc(CC(=O)O)nn2)c1. The minimum Gasteiger partial charge on any atom is -0.494 e. The number of hydrogen-bond acceptors (Lipinski definition) is 4. The van der Waals surface area contributed by atoms with Crippen LogP contribution in [0.2, 0.25) is 0 Å². The second kappa shape index (κ2) is 6.70. The number of carboxylic acids is 1. The third-order valence-corrected chi connectivity index (χ3v) is 2.71. The molecule has 2 rings (SSSR count). The summed E-state index contributed by atoms with van der Waals surface area (Å²) < 4.78 is 7.26. The van der Waals surface area contributed by atoms with Gasteiger partial charge in [0.1, 0.15) is 5.75 Å². The van der Waals surface area contributed by atoms with Crippen LogP contribution in [0.15, 0.2) is 30.5 Å². The maximum atomic E-state index is 10.5. The van der Waals surface area contributed by atoms with E-state index in [0.29, 0.717) is 18.8 Å². The molecule has 0 spiro atoms. The van der Waals surface area contributed by atoms with Gasteiger partial charge in [0, 0.05) is 19.2 Å². The highest BCUT2D eigenvalue weighted by Gasteiger charge is 2.05. The van der Waals surface area contributed by atoms with Crippen molar-refractivity contribution in [2.24, 2.45) is 0 Å². The molecule has 0 unspecified atom stereocenters. The van der Waals surface area contributed by atoms with E-state index in [9.17, 15) is 4.79 Å². The van der Waals surface area contributed by atoms with Gasteiger partial charge < -0.3 is 9.84 Å². The lowest BCUT2D eigenvalue weighted by Gasteiger charge is -2.06. The predicted molar refractivity (Wildman–Crippen MR) is 72.7 cm³/mol. The van der Waals surface area contributed by atoms with Gasteiger partial charge in [0.05, 0.1) is 18.7 Å². The molecule has 0 aliphatic heterocycles. The van der Waals surface area contributed by atoms with Crippen molar-refractivity contribution in [2.75, 3.05) is 6.61 Å². The molecule has 1 N–H and O–H groups in total. The molecule has 1 aromatic heterocycles. The van der Waals surface area contributed by atoms with Crippen LogP contribution in [0.3, 0.4) is 0 Å². The van der Waals surface area contributed by atoms with Gasteiger partial charge in [-0.15, -0.1) is 5.10 Å². The number of aliphatic carboxylic acids is 1. The molecule has 1 aromatic carbocycles. The van der Waals surface area contributed by atoms with Crippen molar-refractivity contribution in [1.82, 2.24) is 15.0 Å². The Bertz CT molecular complexity index is 581. The van der Waals surface area contributed by atoms with Crippen molar-refractivity contribution in [2.45, 2.75) is 26.3 Å². The van der Waals surface area contributed by atoms with Crippen molar-refractivity contribution in [3.8, 4) is 5.75 Å². The third-order valence-electron chi connectivity index (χ3n) is 2.71. The molecule has 6 heteroatoms. The summed E-state index contributed by atoms with van der Waals surface area (Å²) in [7, 11) is 0. The molecule has 2 aromatic rings. The molecule has 0 amide bonds. The normalized spacial score (nSPS) is 10.4. The summed E-state index contributed by atoms with van der Waals surface area (Å²) in [6, 6.07) is 7.89. The molecule has 0 aliphatic carbocycles. The molecule has 0 radical (unpaired) electrons. The number of ether oxygens (including phenoxy) is 1. The monoisotopic (exact) mass is 275 g/mol. The molecule has 6 nitrogen and oxygen atoms in total. The zero-order chi connectivity index (χ0) is 14.4. The largest absolute Gasteiger partial charge is 0.494 e. The standard InChI is InChI=1S/C14H17N3O3/c1-11-4-2-5-13(8-11)20-7-3-6-17-10-12(15-16-17)9-14(18)19/h2,4-5,8,10H,3,6-7,9H2,1H3,(H,18,19). The van der Waals surface area contributed by atoms with Crippen LogP contribution in [0.4, 0.5) is 0 Å². The van der Waals surface area contributed by atoms with Gasteiger partial charge >= 0.3 is 5.97 Å². The van der Waals surface area contributed by atoms with Crippen molar-refractivity contribution >= 4 is 5.97 Å². The molecule has 0 atom stereocenters. The summed E-state index contributed by atoms with van der Waals surface area (Å²) >= 11 is 0. The van der Waals surface area contributed by atoms with E-state index in [1.54, 1.807) is 10.9 Å². The number of aromatic nitrogens is 3. The average molecular weight is 275 g/mol. The topological polar surface area (TPSA) is 77.2 Å². The average Bonchev–Trinajstić information content (AvgIpc) is 2.81. The number of hydrogen-bond donors (Lipinski definition) is 1. The zero-order valence-corrected chi connectivity index (χ0v) is 11.3. The first-order valence-corrected chi connectivity index (χ1v) is 6.44. The fourth-order valence-corrected chi connectivity index (χ4v) is 1.81. The van der Waals surface area contributed by atoms with Gasteiger partial charge in [-0.25, -0.2) is 0 Å². The summed E-state index contributed by atoms with van der Waals surface area (Å²) in [5, 5.41) is 16.3. The maximum Gasteiger partial charge on any atom is 0.309 e. The third kappa shape index (κ3) is 4.38. The number of carbonyl (C=O) groups is 1. The van der Waals surface area contributed by atoms with E-state index in [4.69, 9.17) is 9.84 Å². The highest BCUT2D eigenvalue weighted by molar-refractivity contribution is 5.69. The van der Waals surface area contributed by atoms with Crippen LogP contribution >= 0.6 is 0 Å². The lowest BCUT2D eigenvalue weighted by atomic mass is 10.2. The number of aryl methyl sites for hydroxylation is 2. The Labute approximate surface area is 117 Å². The minimum atomic E-state index is -0.903. The quantitative estimate of drug-likeness (QED) is 0.778. The molecule has 1 heterocycles. The van der Waals surface area contributed by atoms with Crippen LogP contribution in [0.5, 0.6) is 5.75 Å². The van der Waals surface area contributed by atoms with Gasteiger partial charge in [-0.1, -0.05) is 17.3 Å². The summed E-state index contributed by atoms with van der Waals surface area (Å²) in [5.74, 6) is -0.0463. The van der Waals surface area contributed by atoms with Crippen LogP contribution < -0.4 is 4.74 Å². The Hall–Kier alpha value is -2.37. The van der Waals surface area contributed by atoms with Gasteiger partial charge in [0.15, 0.2) is 0 Å². The van der Waals surface area contributed by atoms with Gasteiger partial charge in [-0.05, 0) is 24.6 Å². The van der Waals surface area contributed by atoms with E-state index in [2.05, 4.69) is 10.3 Å². The summed E-state index contributed by atoms with van der Waals surface area (Å²) in [4.78, 5) is 10.5. The summed E-state index contributed by atoms with van der Waals surface area (Å²) in [5.41, 5.74) is 1.63. The van der Waals surface area contributed by atoms with E-state index in [-0.39, 0.29) is 6.42 Å². The predicted octanol–water partition coefficient (Wildman–Crippen LogP) is 1.68. The fourth-order valence-electron chi connectivity index (χ4n) is 1.81. The highest BCUT2D eigenvalue weighted by atomic mass is 16.5. The number of benzene rings is 1. The van der Waals surface area contributed by atoms with E-state index >= 15 is 0 Å². The van der Waals surface area contributed by atoms with E-state index in [1.165, 1.54) is 0 Å². The Balaban J connectivity index is 1.73. The summed E-state index contributed by atoms with van der Waals surface area (Å²) in [6.07, 6.45) is 2.34. The lowest BCUT2D eigenvalue weighted by molar-refractivity contribution is -0.136. The van der Waals surface area contributed by atoms with Crippen molar-refractivity contribution in [3.05, 3.63) is 41.7 Å². The first-order chi connectivity index (χ1) is 9.63. The van der Waals surface area contributed by atoms with Crippen LogP contribution in [0.1, 0.15) is 17.7 Å². The number of carboxylic acid groups (broad SMARTS) is 1. The van der Waals surface area contributed by atoms with Crippen molar-refractivity contribution < 1.29 is 14.6 Å². The molecular weight excluding hydrogens is 258 g/mol. The lowest BCUT2D eigenvalue weighted by Crippen LogP contribution is -2.05. The van der Waals surface area contributed by atoms with E-state index < -0.39 is 5.97 Å². The van der Waals surface area contributed by atoms with Crippen LogP contribution in [0.25, 0.3) is 0 Å². The van der Waals surface area contributed by atoms with Gasteiger partial charge in [0.2, 0.25) is 0 Å². The summed E-state index contributed by atoms with van der Waals surface area (Å²) in [6.45, 7) is 3.25. The minimum absolute atomic E-state index is 0.0974. The molecule has 0 bridgehead atoms. The zero-order valence-electron chi connectivity index (χ0n) is 11.3. The number of rotatable bonds is 7. The molecule has 106 valence electrons. The van der Waals surface area contributed by atoms with Gasteiger partial charge in [-0.2, -0.15) is 0 Å². The van der Waals surface area contributed by atoms with Crippen LogP contribution in [-0.2, 0) is 17.8 Å². The maximum absolute atomic E-state index is 10.5. The Morgan fingerprint density at radius 2 is 2.30 bits per heavy atom. The Morgan fingerprint density at radius 1 is 1.45 bits per heavy atom. The van der Waals surface area contributed by atoms with Crippen molar-refractivity contribution in [3.63, 3.8) is 0 Å². The van der Waals surface area contributed by atoms with Crippen molar-refractivity contribution in [1.29, 1.82) is 0 Å². The fraction of sp³-hybridized carbons (Fsp3) is 0.357.